The maximum absolute atomic E-state index is 12.3. The molecule has 2 rings (SSSR count). The predicted octanol–water partition coefficient (Wildman–Crippen LogP) is 1.73. The van der Waals surface area contributed by atoms with Crippen LogP contribution < -0.4 is 11.5 Å². The van der Waals surface area contributed by atoms with Gasteiger partial charge in [-0.2, -0.15) is 0 Å². The average Bonchev–Trinajstić information content (AvgIpc) is 2.29. The van der Waals surface area contributed by atoms with E-state index in [2.05, 4.69) is 4.98 Å². The summed E-state index contributed by atoms with van der Waals surface area (Å²) >= 11 is 5.71. The molecule has 0 fully saturated rings. The number of hydrogen-bond acceptors (Lipinski definition) is 5. The van der Waals surface area contributed by atoms with Gasteiger partial charge >= 0.3 is 0 Å². The highest BCUT2D eigenvalue weighted by Crippen LogP contribution is 2.29. The zero-order valence-electron chi connectivity index (χ0n) is 9.17. The maximum atomic E-state index is 12.3. The standard InChI is InChI=1S/C11H10ClN3O2S/c12-7-1-3-8(4-2-7)18(16,17)10-9(13)5-6-15-11(10)14/h1-6H,(H4,13,14,15). The van der Waals surface area contributed by atoms with Crippen molar-refractivity contribution in [2.45, 2.75) is 9.79 Å². The fourth-order valence-corrected chi connectivity index (χ4v) is 3.07. The summed E-state index contributed by atoms with van der Waals surface area (Å²) in [5.74, 6) is -0.120. The van der Waals surface area contributed by atoms with Gasteiger partial charge < -0.3 is 11.5 Å². The second-order valence-electron chi connectivity index (χ2n) is 3.57. The molecule has 0 aliphatic heterocycles. The molecule has 5 nitrogen and oxygen atoms in total. The van der Waals surface area contributed by atoms with E-state index in [0.717, 1.165) is 0 Å². The van der Waals surface area contributed by atoms with Crippen LogP contribution in [0.1, 0.15) is 0 Å². The Bertz CT molecular complexity index is 664. The van der Waals surface area contributed by atoms with E-state index in [9.17, 15) is 8.42 Å². The van der Waals surface area contributed by atoms with Crippen LogP contribution in [0.3, 0.4) is 0 Å². The Morgan fingerprint density at radius 1 is 1.06 bits per heavy atom. The fourth-order valence-electron chi connectivity index (χ4n) is 1.50. The number of nitrogen functional groups attached to an aromatic ring is 2. The summed E-state index contributed by atoms with van der Waals surface area (Å²) < 4.78 is 24.7. The summed E-state index contributed by atoms with van der Waals surface area (Å²) in [4.78, 5) is 3.64. The highest BCUT2D eigenvalue weighted by atomic mass is 35.5. The fraction of sp³-hybridized carbons (Fsp3) is 0. The lowest BCUT2D eigenvalue weighted by Gasteiger charge is -2.09. The van der Waals surface area contributed by atoms with E-state index in [0.29, 0.717) is 5.02 Å². The highest BCUT2D eigenvalue weighted by Gasteiger charge is 2.23. The first kappa shape index (κ1) is 12.7. The van der Waals surface area contributed by atoms with Gasteiger partial charge in [0.25, 0.3) is 0 Å². The molecule has 1 heterocycles. The maximum Gasteiger partial charge on any atom is 0.212 e. The van der Waals surface area contributed by atoms with Crippen LogP contribution in [0.15, 0.2) is 46.3 Å². The molecule has 1 aromatic carbocycles. The Hall–Kier alpha value is -1.79. The molecule has 2 aromatic rings. The van der Waals surface area contributed by atoms with Crippen LogP contribution in [0.4, 0.5) is 11.5 Å². The van der Waals surface area contributed by atoms with Gasteiger partial charge in [0.2, 0.25) is 9.84 Å². The number of nitrogens with two attached hydrogens (primary N) is 2. The van der Waals surface area contributed by atoms with E-state index in [1.54, 1.807) is 0 Å². The summed E-state index contributed by atoms with van der Waals surface area (Å²) in [5.41, 5.74) is 11.3. The molecular weight excluding hydrogens is 274 g/mol. The number of aromatic nitrogens is 1. The number of pyridine rings is 1. The number of anilines is 2. The minimum atomic E-state index is -3.79. The van der Waals surface area contributed by atoms with Crippen LogP contribution in [-0.2, 0) is 9.84 Å². The van der Waals surface area contributed by atoms with Gasteiger partial charge in [-0.15, -0.1) is 0 Å². The third kappa shape index (κ3) is 2.12. The predicted molar refractivity (Wildman–Crippen MR) is 70.0 cm³/mol. The largest absolute Gasteiger partial charge is 0.398 e. The average molecular weight is 284 g/mol. The van der Waals surface area contributed by atoms with Gasteiger partial charge in [0, 0.05) is 11.2 Å². The molecule has 94 valence electrons. The molecule has 0 aliphatic rings. The minimum absolute atomic E-state index is 0.0671. The summed E-state index contributed by atoms with van der Waals surface area (Å²) in [6.45, 7) is 0. The molecule has 0 spiro atoms. The Kier molecular flexibility index (Phi) is 3.14. The van der Waals surface area contributed by atoms with Crippen LogP contribution in [-0.4, -0.2) is 13.4 Å². The Morgan fingerprint density at radius 2 is 1.67 bits per heavy atom. The second kappa shape index (κ2) is 4.47. The van der Waals surface area contributed by atoms with Crippen molar-refractivity contribution in [1.82, 2.24) is 4.98 Å². The zero-order valence-corrected chi connectivity index (χ0v) is 10.7. The molecule has 4 N–H and O–H groups in total. The zero-order chi connectivity index (χ0) is 13.3. The van der Waals surface area contributed by atoms with Crippen LogP contribution in [0.5, 0.6) is 0 Å². The molecule has 7 heteroatoms. The molecule has 0 unspecified atom stereocenters. The monoisotopic (exact) mass is 283 g/mol. The number of benzene rings is 1. The lowest BCUT2D eigenvalue weighted by atomic mass is 10.4. The van der Waals surface area contributed by atoms with Gasteiger partial charge in [-0.25, -0.2) is 13.4 Å². The normalized spacial score (nSPS) is 11.4. The molecule has 0 radical (unpaired) electrons. The van der Waals surface area contributed by atoms with Crippen LogP contribution in [0.25, 0.3) is 0 Å². The first-order valence-electron chi connectivity index (χ1n) is 4.93. The number of halogens is 1. The van der Waals surface area contributed by atoms with E-state index < -0.39 is 9.84 Å². The number of sulfone groups is 1. The van der Waals surface area contributed by atoms with E-state index in [1.165, 1.54) is 36.5 Å². The SMILES string of the molecule is Nc1ccnc(N)c1S(=O)(=O)c1ccc(Cl)cc1. The van der Waals surface area contributed by atoms with Gasteiger partial charge in [0.15, 0.2) is 0 Å². The van der Waals surface area contributed by atoms with Crippen molar-refractivity contribution in [3.05, 3.63) is 41.6 Å². The van der Waals surface area contributed by atoms with E-state index in [4.69, 9.17) is 23.1 Å². The van der Waals surface area contributed by atoms with E-state index in [1.807, 2.05) is 0 Å². The molecule has 0 bridgehead atoms. The molecule has 0 saturated carbocycles. The topological polar surface area (TPSA) is 99.1 Å². The summed E-state index contributed by atoms with van der Waals surface area (Å²) in [6.07, 6.45) is 1.35. The van der Waals surface area contributed by atoms with E-state index in [-0.39, 0.29) is 21.3 Å². The summed E-state index contributed by atoms with van der Waals surface area (Å²) in [5, 5.41) is 0.445. The molecule has 0 aliphatic carbocycles. The van der Waals surface area contributed by atoms with Gasteiger partial charge in [-0.3, -0.25) is 0 Å². The van der Waals surface area contributed by atoms with Gasteiger partial charge in [0.1, 0.15) is 10.7 Å². The van der Waals surface area contributed by atoms with Crippen molar-refractivity contribution in [2.24, 2.45) is 0 Å². The smallest absolute Gasteiger partial charge is 0.212 e. The van der Waals surface area contributed by atoms with Gasteiger partial charge in [-0.1, -0.05) is 11.6 Å². The highest BCUT2D eigenvalue weighted by molar-refractivity contribution is 7.91. The van der Waals surface area contributed by atoms with Crippen molar-refractivity contribution in [3.8, 4) is 0 Å². The van der Waals surface area contributed by atoms with Crippen molar-refractivity contribution in [2.75, 3.05) is 11.5 Å². The second-order valence-corrected chi connectivity index (χ2v) is 5.89. The lowest BCUT2D eigenvalue weighted by Crippen LogP contribution is -2.10. The summed E-state index contributed by atoms with van der Waals surface area (Å²) in [6, 6.07) is 7.14. The van der Waals surface area contributed by atoms with Crippen molar-refractivity contribution in [1.29, 1.82) is 0 Å². The molecule has 0 saturated heterocycles. The Labute approximate surface area is 109 Å². The Morgan fingerprint density at radius 3 is 2.22 bits per heavy atom. The van der Waals surface area contributed by atoms with Crippen LogP contribution in [0, 0.1) is 0 Å². The van der Waals surface area contributed by atoms with Crippen LogP contribution >= 0.6 is 11.6 Å². The number of nitrogens with zero attached hydrogens (tertiary/aromatic N) is 1. The first-order valence-corrected chi connectivity index (χ1v) is 6.79. The van der Waals surface area contributed by atoms with Crippen LogP contribution in [0.2, 0.25) is 5.02 Å². The first-order chi connectivity index (χ1) is 8.43. The quantitative estimate of drug-likeness (QED) is 0.874. The molecular formula is C11H10ClN3O2S. The summed E-state index contributed by atoms with van der Waals surface area (Å²) in [7, 11) is -3.79. The minimum Gasteiger partial charge on any atom is -0.398 e. The van der Waals surface area contributed by atoms with Crippen molar-refractivity contribution >= 4 is 32.9 Å². The van der Waals surface area contributed by atoms with Gasteiger partial charge in [-0.05, 0) is 30.3 Å². The lowest BCUT2D eigenvalue weighted by molar-refractivity contribution is 0.596. The third-order valence-corrected chi connectivity index (χ3v) is 4.48. The number of rotatable bonds is 2. The van der Waals surface area contributed by atoms with E-state index >= 15 is 0 Å². The van der Waals surface area contributed by atoms with Gasteiger partial charge in [0.05, 0.1) is 10.6 Å². The molecule has 0 atom stereocenters. The van der Waals surface area contributed by atoms with Crippen molar-refractivity contribution < 1.29 is 8.42 Å². The number of hydrogen-bond donors (Lipinski definition) is 2. The third-order valence-electron chi connectivity index (χ3n) is 2.36. The molecule has 0 amide bonds. The Balaban J connectivity index is 2.66. The molecule has 1 aromatic heterocycles. The molecule has 18 heavy (non-hydrogen) atoms. The van der Waals surface area contributed by atoms with Crippen molar-refractivity contribution in [3.63, 3.8) is 0 Å².